The first-order chi connectivity index (χ1) is 12.2. The van der Waals surface area contributed by atoms with Gasteiger partial charge in [-0.05, 0) is 35.9 Å². The molecule has 7 heteroatoms. The molecule has 0 spiro atoms. The van der Waals surface area contributed by atoms with E-state index in [1.165, 1.54) is 6.21 Å². The van der Waals surface area contributed by atoms with E-state index in [2.05, 4.69) is 10.5 Å². The number of nitrogens with zero attached hydrogens (tertiary/aromatic N) is 1. The summed E-state index contributed by atoms with van der Waals surface area (Å²) < 4.78 is 21.5. The molecule has 0 aromatic heterocycles. The van der Waals surface area contributed by atoms with Gasteiger partial charge < -0.3 is 18.9 Å². The lowest BCUT2D eigenvalue weighted by Crippen LogP contribution is -2.42. The van der Waals surface area contributed by atoms with Gasteiger partial charge in [-0.3, -0.25) is 4.79 Å². The summed E-state index contributed by atoms with van der Waals surface area (Å²) in [5.41, 5.74) is 3.20. The Bertz CT molecular complexity index is 791. The molecular formula is C18H18N2O5. The molecule has 1 aliphatic heterocycles. The molecule has 2 aromatic rings. The van der Waals surface area contributed by atoms with E-state index in [1.807, 2.05) is 12.1 Å². The Kier molecular flexibility index (Phi) is 5.03. The Labute approximate surface area is 145 Å². The summed E-state index contributed by atoms with van der Waals surface area (Å²) in [7, 11) is 3.12. The van der Waals surface area contributed by atoms with Crippen molar-refractivity contribution in [2.75, 3.05) is 20.8 Å². The fraction of sp³-hybridized carbons (Fsp3) is 0.222. The molecule has 7 nitrogen and oxygen atoms in total. The highest BCUT2D eigenvalue weighted by Gasteiger charge is 2.26. The van der Waals surface area contributed by atoms with Gasteiger partial charge in [0, 0.05) is 0 Å². The predicted octanol–water partition coefficient (Wildman–Crippen LogP) is 1.99. The number of benzene rings is 2. The van der Waals surface area contributed by atoms with Crippen molar-refractivity contribution in [2.45, 2.75) is 6.10 Å². The van der Waals surface area contributed by atoms with Crippen LogP contribution in [0.1, 0.15) is 5.56 Å². The van der Waals surface area contributed by atoms with Gasteiger partial charge in [0.25, 0.3) is 5.91 Å². The lowest BCUT2D eigenvalue weighted by Gasteiger charge is -2.24. The Balaban J connectivity index is 1.60. The molecule has 0 radical (unpaired) electrons. The first-order valence-electron chi connectivity index (χ1n) is 7.64. The molecule has 1 aliphatic rings. The summed E-state index contributed by atoms with van der Waals surface area (Å²) in [5, 5.41) is 3.95. The van der Waals surface area contributed by atoms with Gasteiger partial charge in [0.05, 0.1) is 20.4 Å². The quantitative estimate of drug-likeness (QED) is 0.664. The number of ether oxygens (including phenoxy) is 4. The number of methoxy groups -OCH3 is 2. The molecule has 0 fully saturated rings. The number of hydrogen-bond acceptors (Lipinski definition) is 6. The van der Waals surface area contributed by atoms with E-state index in [1.54, 1.807) is 44.6 Å². The molecule has 25 heavy (non-hydrogen) atoms. The van der Waals surface area contributed by atoms with Crippen LogP contribution in [0, 0.1) is 0 Å². The zero-order chi connectivity index (χ0) is 17.6. The van der Waals surface area contributed by atoms with Crippen molar-refractivity contribution >= 4 is 12.1 Å². The third kappa shape index (κ3) is 3.82. The van der Waals surface area contributed by atoms with E-state index in [9.17, 15) is 4.79 Å². The predicted molar refractivity (Wildman–Crippen MR) is 91.6 cm³/mol. The summed E-state index contributed by atoms with van der Waals surface area (Å²) in [5.74, 6) is 1.98. The SMILES string of the molecule is COc1ccc(/C=N\NC(=O)[C@@H]2COc3ccccc3O2)cc1OC. The van der Waals surface area contributed by atoms with E-state index in [-0.39, 0.29) is 12.5 Å². The van der Waals surface area contributed by atoms with Crippen LogP contribution in [0.15, 0.2) is 47.6 Å². The summed E-state index contributed by atoms with van der Waals surface area (Å²) in [6.07, 6.45) is 0.759. The van der Waals surface area contributed by atoms with Crippen LogP contribution in [0.5, 0.6) is 23.0 Å². The van der Waals surface area contributed by atoms with Crippen LogP contribution in [-0.2, 0) is 4.79 Å². The molecule has 1 atom stereocenters. The monoisotopic (exact) mass is 342 g/mol. The van der Waals surface area contributed by atoms with Crippen LogP contribution in [0.25, 0.3) is 0 Å². The van der Waals surface area contributed by atoms with Crippen molar-refractivity contribution in [3.05, 3.63) is 48.0 Å². The standard InChI is InChI=1S/C18H18N2O5/c1-22-13-8-7-12(9-16(13)23-2)10-19-20-18(21)17-11-24-14-5-3-4-6-15(14)25-17/h3-10,17H,11H2,1-2H3,(H,20,21)/b19-10-/t17-/m0/s1. The van der Waals surface area contributed by atoms with Crippen LogP contribution in [-0.4, -0.2) is 39.1 Å². The van der Waals surface area contributed by atoms with Gasteiger partial charge in [-0.1, -0.05) is 12.1 Å². The van der Waals surface area contributed by atoms with Gasteiger partial charge in [0.1, 0.15) is 6.61 Å². The van der Waals surface area contributed by atoms with E-state index in [4.69, 9.17) is 18.9 Å². The van der Waals surface area contributed by atoms with Crippen LogP contribution in [0.3, 0.4) is 0 Å². The Morgan fingerprint density at radius 1 is 1.16 bits per heavy atom. The first kappa shape index (κ1) is 16.6. The number of amides is 1. The number of carbonyl (C=O) groups excluding carboxylic acids is 1. The van der Waals surface area contributed by atoms with Crippen molar-refractivity contribution in [1.82, 2.24) is 5.43 Å². The van der Waals surface area contributed by atoms with E-state index >= 15 is 0 Å². The molecule has 3 rings (SSSR count). The van der Waals surface area contributed by atoms with Crippen molar-refractivity contribution < 1.29 is 23.7 Å². The second kappa shape index (κ2) is 7.57. The van der Waals surface area contributed by atoms with Crippen LogP contribution in [0.2, 0.25) is 0 Å². The van der Waals surface area contributed by atoms with Gasteiger partial charge in [-0.15, -0.1) is 0 Å². The maximum absolute atomic E-state index is 12.1. The topological polar surface area (TPSA) is 78.4 Å². The molecular weight excluding hydrogens is 324 g/mol. The summed E-state index contributed by atoms with van der Waals surface area (Å²) >= 11 is 0. The second-order valence-electron chi connectivity index (χ2n) is 5.21. The van der Waals surface area contributed by atoms with Gasteiger partial charge in [0.15, 0.2) is 23.0 Å². The number of carbonyl (C=O) groups is 1. The number of nitrogens with one attached hydrogen (secondary N) is 1. The molecule has 0 saturated carbocycles. The maximum atomic E-state index is 12.1. The molecule has 0 saturated heterocycles. The van der Waals surface area contributed by atoms with Crippen LogP contribution < -0.4 is 24.4 Å². The average molecular weight is 342 g/mol. The average Bonchev–Trinajstić information content (AvgIpc) is 2.67. The molecule has 130 valence electrons. The number of para-hydroxylation sites is 2. The summed E-state index contributed by atoms with van der Waals surface area (Å²) in [4.78, 5) is 12.1. The van der Waals surface area contributed by atoms with Gasteiger partial charge in [0.2, 0.25) is 6.10 Å². The number of rotatable bonds is 5. The van der Waals surface area contributed by atoms with E-state index in [0.717, 1.165) is 5.56 Å². The molecule has 1 N–H and O–H groups in total. The lowest BCUT2D eigenvalue weighted by molar-refractivity contribution is -0.130. The zero-order valence-electron chi connectivity index (χ0n) is 13.9. The minimum absolute atomic E-state index is 0.134. The molecule has 0 bridgehead atoms. The van der Waals surface area contributed by atoms with Crippen molar-refractivity contribution in [3.63, 3.8) is 0 Å². The number of hydrogen-bond donors (Lipinski definition) is 1. The summed E-state index contributed by atoms with van der Waals surface area (Å²) in [6, 6.07) is 12.5. The van der Waals surface area contributed by atoms with E-state index < -0.39 is 6.10 Å². The largest absolute Gasteiger partial charge is 0.493 e. The Hall–Kier alpha value is -3.22. The van der Waals surface area contributed by atoms with Crippen LogP contribution >= 0.6 is 0 Å². The summed E-state index contributed by atoms with van der Waals surface area (Å²) in [6.45, 7) is 0.134. The fourth-order valence-electron chi connectivity index (χ4n) is 2.32. The highest BCUT2D eigenvalue weighted by Crippen LogP contribution is 2.31. The zero-order valence-corrected chi connectivity index (χ0v) is 13.9. The lowest BCUT2D eigenvalue weighted by atomic mass is 10.2. The molecule has 1 heterocycles. The van der Waals surface area contributed by atoms with Crippen LogP contribution in [0.4, 0.5) is 0 Å². The van der Waals surface area contributed by atoms with Gasteiger partial charge in [-0.2, -0.15) is 5.10 Å². The molecule has 0 unspecified atom stereocenters. The minimum Gasteiger partial charge on any atom is -0.493 e. The third-order valence-corrected chi connectivity index (χ3v) is 3.60. The third-order valence-electron chi connectivity index (χ3n) is 3.60. The molecule has 1 amide bonds. The highest BCUT2D eigenvalue weighted by molar-refractivity contribution is 5.85. The van der Waals surface area contributed by atoms with E-state index in [0.29, 0.717) is 23.0 Å². The first-order valence-corrected chi connectivity index (χ1v) is 7.64. The Morgan fingerprint density at radius 3 is 2.68 bits per heavy atom. The van der Waals surface area contributed by atoms with Crippen molar-refractivity contribution in [2.24, 2.45) is 5.10 Å². The van der Waals surface area contributed by atoms with Gasteiger partial charge in [-0.25, -0.2) is 5.43 Å². The Morgan fingerprint density at radius 2 is 1.92 bits per heavy atom. The van der Waals surface area contributed by atoms with Crippen molar-refractivity contribution in [3.8, 4) is 23.0 Å². The molecule has 2 aromatic carbocycles. The van der Waals surface area contributed by atoms with Gasteiger partial charge >= 0.3 is 0 Å². The number of fused-ring (bicyclic) bond motifs is 1. The smallest absolute Gasteiger partial charge is 0.284 e. The maximum Gasteiger partial charge on any atom is 0.284 e. The van der Waals surface area contributed by atoms with Crippen molar-refractivity contribution in [1.29, 1.82) is 0 Å². The second-order valence-corrected chi connectivity index (χ2v) is 5.21. The normalized spacial score (nSPS) is 15.7. The fourth-order valence-corrected chi connectivity index (χ4v) is 2.32. The minimum atomic E-state index is -0.752. The molecule has 0 aliphatic carbocycles. The highest BCUT2D eigenvalue weighted by atomic mass is 16.6. The number of hydrazone groups is 1.